The van der Waals surface area contributed by atoms with E-state index in [1.165, 1.54) is 22.6 Å². The smallest absolute Gasteiger partial charge is 0.302 e. The number of rotatable bonds is 12. The van der Waals surface area contributed by atoms with Crippen LogP contribution in [0.2, 0.25) is 0 Å². The van der Waals surface area contributed by atoms with Crippen molar-refractivity contribution in [3.63, 3.8) is 0 Å². The Labute approximate surface area is 270 Å². The number of ether oxygens (including phenoxy) is 4. The Morgan fingerprint density at radius 1 is 0.658 bits per heavy atom. The zero-order valence-electron chi connectivity index (χ0n) is 27.9. The van der Waals surface area contributed by atoms with Crippen LogP contribution in [-0.4, -0.2) is 74.0 Å². The van der Waals surface area contributed by atoms with E-state index in [0.717, 1.165) is 27.7 Å². The van der Waals surface area contributed by atoms with Crippen LogP contribution in [0.5, 0.6) is 0 Å². The second kappa shape index (κ2) is 16.2. The van der Waals surface area contributed by atoms with Crippen molar-refractivity contribution in [2.75, 3.05) is 32.0 Å². The van der Waals surface area contributed by atoms with Gasteiger partial charge in [-0.1, -0.05) is 0 Å². The largest absolute Gasteiger partial charge is 0.464 e. The number of nitrogen functional groups attached to an aromatic ring is 1. The molecule has 0 radical (unpaired) electrons. The Hall–Kier alpha value is -1.97. The molecule has 0 saturated heterocycles. The van der Waals surface area contributed by atoms with E-state index in [-0.39, 0.29) is 16.4 Å². The fourth-order valence-electron chi connectivity index (χ4n) is 2.22. The minimum atomic E-state index is -3.32. The summed E-state index contributed by atoms with van der Waals surface area (Å²) in [5.74, 6) is -7.51. The minimum absolute atomic E-state index is 0.0534. The molecule has 0 aliphatic heterocycles. The molecule has 0 saturated carbocycles. The molecule has 13 nitrogen and oxygen atoms in total. The molecule has 0 heterocycles. The molecule has 0 spiro atoms. The third-order valence-corrected chi connectivity index (χ3v) is 6.96. The van der Waals surface area contributed by atoms with Gasteiger partial charge in [0.2, 0.25) is 0 Å². The summed E-state index contributed by atoms with van der Waals surface area (Å²) in [5, 5.41) is 3.95. The number of amides is 2. The lowest BCUT2D eigenvalue weighted by Crippen LogP contribution is -2.44. The summed E-state index contributed by atoms with van der Waals surface area (Å²) in [6.45, 7) is -10.1. The predicted octanol–water partition coefficient (Wildman–Crippen LogP) is 1.53. The molecule has 1 aromatic rings. The maximum Gasteiger partial charge on any atom is 0.302 e. The van der Waals surface area contributed by atoms with E-state index in [1.807, 2.05) is 10.6 Å². The normalized spacial score (nSPS) is 15.2. The number of carbonyl (C=O) groups is 6. The van der Waals surface area contributed by atoms with E-state index < -0.39 is 85.1 Å². The van der Waals surface area contributed by atoms with Gasteiger partial charge in [-0.2, -0.15) is 0 Å². The number of esters is 4. The highest BCUT2D eigenvalue weighted by atomic mass is 127. The Morgan fingerprint density at radius 2 is 0.921 bits per heavy atom. The molecule has 0 unspecified atom stereocenters. The van der Waals surface area contributed by atoms with Gasteiger partial charge < -0.3 is 35.3 Å². The van der Waals surface area contributed by atoms with Gasteiger partial charge in [-0.25, -0.2) is 0 Å². The Kier molecular flexibility index (Phi) is 9.73. The molecule has 2 amide bonds. The monoisotopic (exact) mass is 881 g/mol. The van der Waals surface area contributed by atoms with Crippen LogP contribution in [0.1, 0.15) is 59.4 Å². The fourth-order valence-corrected chi connectivity index (χ4v) is 6.37. The number of carbonyl (C=O) groups excluding carboxylic acids is 6. The van der Waals surface area contributed by atoms with Crippen molar-refractivity contribution in [2.24, 2.45) is 0 Å². The highest BCUT2D eigenvalue weighted by Crippen LogP contribution is 2.34. The third kappa shape index (κ3) is 11.0. The lowest BCUT2D eigenvalue weighted by atomic mass is 10.1. The Bertz CT molecular complexity index is 1290. The number of benzene rings is 1. The molecule has 0 aromatic heterocycles. The number of anilines is 1. The van der Waals surface area contributed by atoms with Crippen molar-refractivity contribution in [1.29, 1.82) is 0 Å². The van der Waals surface area contributed by atoms with Crippen LogP contribution >= 0.6 is 67.8 Å². The SMILES string of the molecule is [2H]C([2H])(OC(C)=O)C(NC(=O)c1c(I)c(N)c(I)c(C(=O)NC(C([2H])([2H])OC(C)=O)C([2H])([2H])OC(C)=O)c1I)C([2H])([2H])OC(C)=O. The topological polar surface area (TPSA) is 189 Å². The summed E-state index contributed by atoms with van der Waals surface area (Å²) in [5.41, 5.74) is 4.95. The van der Waals surface area contributed by atoms with Gasteiger partial charge in [-0.3, -0.25) is 28.8 Å². The lowest BCUT2D eigenvalue weighted by Gasteiger charge is -2.22. The van der Waals surface area contributed by atoms with Crippen LogP contribution in [0.25, 0.3) is 0 Å². The zero-order valence-corrected chi connectivity index (χ0v) is 26.4. The minimum Gasteiger partial charge on any atom is -0.464 e. The van der Waals surface area contributed by atoms with Gasteiger partial charge in [0, 0.05) is 31.3 Å². The molecular weight excluding hydrogens is 847 g/mol. The van der Waals surface area contributed by atoms with E-state index in [9.17, 15) is 28.8 Å². The van der Waals surface area contributed by atoms with Crippen LogP contribution < -0.4 is 16.4 Å². The zero-order chi connectivity index (χ0) is 36.3. The van der Waals surface area contributed by atoms with E-state index in [4.69, 9.17) is 16.7 Å². The molecule has 0 fully saturated rings. The van der Waals surface area contributed by atoms with Crippen LogP contribution in [0, 0.1) is 10.7 Å². The van der Waals surface area contributed by atoms with Crippen LogP contribution in [0.4, 0.5) is 5.69 Å². The second-order valence-electron chi connectivity index (χ2n) is 6.76. The van der Waals surface area contributed by atoms with E-state index in [2.05, 4.69) is 18.9 Å². The molecule has 0 aliphatic carbocycles. The number of hydrogen-bond acceptors (Lipinski definition) is 11. The van der Waals surface area contributed by atoms with Crippen LogP contribution in [0.15, 0.2) is 0 Å². The lowest BCUT2D eigenvalue weighted by molar-refractivity contribution is -0.146. The molecule has 1 rings (SSSR count). The second-order valence-corrected chi connectivity index (χ2v) is 10.0. The van der Waals surface area contributed by atoms with Crippen molar-refractivity contribution in [2.45, 2.75) is 39.8 Å². The fraction of sp³-hybridized carbons (Fsp3) is 0.455. The van der Waals surface area contributed by atoms with Gasteiger partial charge in [0.15, 0.2) is 0 Å². The van der Waals surface area contributed by atoms with Crippen molar-refractivity contribution in [1.82, 2.24) is 10.6 Å². The van der Waals surface area contributed by atoms with Crippen molar-refractivity contribution < 1.29 is 58.7 Å². The first-order chi connectivity index (χ1) is 20.6. The number of hydrogen-bond donors (Lipinski definition) is 3. The molecule has 0 aliphatic rings. The van der Waals surface area contributed by atoms with Gasteiger partial charge in [-0.15, -0.1) is 0 Å². The molecule has 0 bridgehead atoms. The van der Waals surface area contributed by atoms with Gasteiger partial charge in [-0.05, 0) is 67.8 Å². The highest BCUT2D eigenvalue weighted by Gasteiger charge is 2.29. The van der Waals surface area contributed by atoms with Crippen LogP contribution in [-0.2, 0) is 38.1 Å². The van der Waals surface area contributed by atoms with Gasteiger partial charge in [0.05, 0.1) is 47.0 Å². The predicted molar refractivity (Wildman–Crippen MR) is 158 cm³/mol. The van der Waals surface area contributed by atoms with Crippen LogP contribution in [0.3, 0.4) is 0 Å². The first-order valence-corrected chi connectivity index (χ1v) is 13.2. The average Bonchev–Trinajstić information content (AvgIpc) is 2.81. The summed E-state index contributed by atoms with van der Waals surface area (Å²) >= 11 is 4.69. The van der Waals surface area contributed by atoms with Crippen molar-refractivity contribution in [3.8, 4) is 0 Å². The first-order valence-electron chi connectivity index (χ1n) is 13.9. The summed E-state index contributed by atoms with van der Waals surface area (Å²) in [4.78, 5) is 73.4. The molecule has 4 N–H and O–H groups in total. The highest BCUT2D eigenvalue weighted by molar-refractivity contribution is 14.1. The molecule has 16 heteroatoms. The quantitative estimate of drug-likeness (QED) is 0.120. The average molecular weight is 881 g/mol. The summed E-state index contributed by atoms with van der Waals surface area (Å²) < 4.78 is 82.6. The molecule has 38 heavy (non-hydrogen) atoms. The molecular formula is C22H26I3N3O10. The molecule has 1 aromatic carbocycles. The van der Waals surface area contributed by atoms with Crippen molar-refractivity contribution >= 4 is 109 Å². The Morgan fingerprint density at radius 3 is 1.16 bits per heavy atom. The van der Waals surface area contributed by atoms with Gasteiger partial charge in [0.1, 0.15) is 26.2 Å². The van der Waals surface area contributed by atoms with E-state index >= 15 is 0 Å². The number of nitrogens with one attached hydrogen (secondary N) is 2. The third-order valence-electron chi connectivity index (χ3n) is 3.64. The Balaban J connectivity index is 3.86. The van der Waals surface area contributed by atoms with Gasteiger partial charge >= 0.3 is 23.9 Å². The number of halogens is 3. The summed E-state index contributed by atoms with van der Waals surface area (Å²) in [6.07, 6.45) is 0. The summed E-state index contributed by atoms with van der Waals surface area (Å²) in [7, 11) is 0. The maximum absolute atomic E-state index is 13.6. The standard InChI is InChI=1S/C22H26I3N3O10/c1-9(29)35-5-13(6-36-10(2)30)27-21(33)15-17(23)16(19(25)20(26)18(15)24)22(34)28-14(7-37-11(3)31)8-38-12(4)32/h13-14H,5-8,26H2,1-4H3,(H,27,33)(H,28,34)/i5D2,6D2,7D2,8D2. The first kappa shape index (κ1) is 22.8. The summed E-state index contributed by atoms with van der Waals surface area (Å²) in [6, 6.07) is -5.00. The van der Waals surface area contributed by atoms with Gasteiger partial charge in [0.25, 0.3) is 11.8 Å². The number of nitrogens with two attached hydrogens (primary N) is 1. The van der Waals surface area contributed by atoms with E-state index in [1.54, 1.807) is 45.2 Å². The maximum atomic E-state index is 13.6. The van der Waals surface area contributed by atoms with Crippen molar-refractivity contribution in [3.05, 3.63) is 21.8 Å². The molecule has 0 atom stereocenters. The van der Waals surface area contributed by atoms with E-state index in [0.29, 0.717) is 0 Å². The molecule has 210 valence electrons.